The molecule has 0 radical (unpaired) electrons. The van der Waals surface area contributed by atoms with Crippen LogP contribution >= 0.6 is 7.82 Å². The molecule has 10 heteroatoms. The molecule has 0 saturated carbocycles. The van der Waals surface area contributed by atoms with Gasteiger partial charge in [-0.15, -0.1) is 0 Å². The molecule has 1 N–H and O–H groups in total. The average molecular weight is 1030 g/mol. The van der Waals surface area contributed by atoms with E-state index in [1.807, 2.05) is 21.1 Å². The number of esters is 2. The van der Waals surface area contributed by atoms with Crippen molar-refractivity contribution in [3.63, 3.8) is 0 Å². The highest BCUT2D eigenvalue weighted by molar-refractivity contribution is 7.47. The first-order valence-electron chi connectivity index (χ1n) is 30.6. The Labute approximate surface area is 440 Å². The van der Waals surface area contributed by atoms with Crippen molar-refractivity contribution in [2.75, 3.05) is 47.5 Å². The summed E-state index contributed by atoms with van der Waals surface area (Å²) in [5, 5.41) is 0. The monoisotopic (exact) mass is 1020 g/mol. The summed E-state index contributed by atoms with van der Waals surface area (Å²) in [6, 6.07) is 0. The summed E-state index contributed by atoms with van der Waals surface area (Å²) >= 11 is 0. The number of allylic oxidation sites excluding steroid dienone is 4. The third-order valence-corrected chi connectivity index (χ3v) is 14.7. The molecule has 0 aliphatic heterocycles. The largest absolute Gasteiger partial charge is 0.472 e. The summed E-state index contributed by atoms with van der Waals surface area (Å²) in [6.45, 7) is 4.38. The summed E-state index contributed by atoms with van der Waals surface area (Å²) in [6.07, 6.45) is 64.9. The van der Waals surface area contributed by atoms with Crippen LogP contribution in [-0.4, -0.2) is 74.9 Å². The van der Waals surface area contributed by atoms with Crippen LogP contribution in [-0.2, 0) is 32.7 Å². The Morgan fingerprint density at radius 3 is 1.11 bits per heavy atom. The molecule has 2 atom stereocenters. The normalized spacial score (nSPS) is 13.4. The SMILES string of the molecule is CCCCCCC/C=C\C/C=C\CCCCCCCCCCCCCCCCCCCCCCCCCCCCCCCC(=O)OC(COC(=O)CCCCCCCC)COP(=O)(O)OCC[N+](C)(C)C. The standard InChI is InChI=1S/C61H118NO8P/c1-6-8-10-12-14-15-16-17-18-19-20-21-22-23-24-25-26-27-28-29-30-31-32-33-34-35-36-37-38-39-40-41-42-43-44-45-46-47-48-50-52-54-61(64)70-59(57-67-60(63)53-51-49-13-11-9-7-2)58-69-71(65,66)68-56-55-62(3,4)5/h16-17,19-20,59H,6-15,18,21-58H2,1-5H3/p+1/b17-16-,20-19-. The molecule has 0 heterocycles. The third-order valence-electron chi connectivity index (χ3n) is 13.7. The van der Waals surface area contributed by atoms with Crippen molar-refractivity contribution in [3.8, 4) is 0 Å². The van der Waals surface area contributed by atoms with Gasteiger partial charge >= 0.3 is 19.8 Å². The summed E-state index contributed by atoms with van der Waals surface area (Å²) in [7, 11) is 1.49. The van der Waals surface area contributed by atoms with Crippen LogP contribution in [0.5, 0.6) is 0 Å². The molecule has 71 heavy (non-hydrogen) atoms. The van der Waals surface area contributed by atoms with E-state index in [1.165, 1.54) is 225 Å². The molecule has 0 spiro atoms. The molecular weight excluding hydrogens is 906 g/mol. The zero-order chi connectivity index (χ0) is 52.0. The van der Waals surface area contributed by atoms with Crippen LogP contribution in [0.3, 0.4) is 0 Å². The van der Waals surface area contributed by atoms with E-state index < -0.39 is 26.5 Å². The molecule has 9 nitrogen and oxygen atoms in total. The van der Waals surface area contributed by atoms with Gasteiger partial charge in [0.05, 0.1) is 27.7 Å². The number of quaternary nitrogens is 1. The fraction of sp³-hybridized carbons (Fsp3) is 0.902. The molecule has 420 valence electrons. The molecule has 2 unspecified atom stereocenters. The van der Waals surface area contributed by atoms with Gasteiger partial charge in [-0.25, -0.2) is 4.57 Å². The maximum Gasteiger partial charge on any atom is 0.472 e. The van der Waals surface area contributed by atoms with Crippen molar-refractivity contribution in [2.45, 2.75) is 309 Å². The molecule has 0 amide bonds. The van der Waals surface area contributed by atoms with E-state index in [1.54, 1.807) is 0 Å². The summed E-state index contributed by atoms with van der Waals surface area (Å²) in [5.74, 6) is -0.793. The van der Waals surface area contributed by atoms with Crippen LogP contribution in [0.25, 0.3) is 0 Å². The fourth-order valence-electron chi connectivity index (χ4n) is 8.99. The molecule has 0 bridgehead atoms. The first-order valence-corrected chi connectivity index (χ1v) is 32.1. The highest BCUT2D eigenvalue weighted by Crippen LogP contribution is 2.43. The molecule has 0 aliphatic rings. The number of nitrogens with zero attached hydrogens (tertiary/aromatic N) is 1. The maximum absolute atomic E-state index is 12.7. The van der Waals surface area contributed by atoms with Crippen LogP contribution in [0.4, 0.5) is 0 Å². The minimum Gasteiger partial charge on any atom is -0.462 e. The zero-order valence-electron chi connectivity index (χ0n) is 47.7. The Bertz CT molecular complexity index is 1250. The van der Waals surface area contributed by atoms with E-state index in [9.17, 15) is 19.0 Å². The predicted molar refractivity (Wildman–Crippen MR) is 303 cm³/mol. The van der Waals surface area contributed by atoms with Gasteiger partial charge in [0.1, 0.15) is 19.8 Å². The number of phosphoric ester groups is 1. The van der Waals surface area contributed by atoms with Gasteiger partial charge in [0, 0.05) is 12.8 Å². The summed E-state index contributed by atoms with van der Waals surface area (Å²) < 4.78 is 34.3. The maximum atomic E-state index is 12.7. The van der Waals surface area contributed by atoms with Gasteiger partial charge in [0.25, 0.3) is 0 Å². The molecular formula is C61H119NO8P+. The first kappa shape index (κ1) is 69.5. The molecule has 0 aromatic rings. The lowest BCUT2D eigenvalue weighted by Gasteiger charge is -2.24. The van der Waals surface area contributed by atoms with Crippen molar-refractivity contribution in [3.05, 3.63) is 24.3 Å². The van der Waals surface area contributed by atoms with Crippen LogP contribution in [0.2, 0.25) is 0 Å². The number of carbonyl (C=O) groups excluding carboxylic acids is 2. The minimum absolute atomic E-state index is 0.0353. The van der Waals surface area contributed by atoms with Gasteiger partial charge in [-0.1, -0.05) is 269 Å². The smallest absolute Gasteiger partial charge is 0.462 e. The lowest BCUT2D eigenvalue weighted by atomic mass is 10.0. The second-order valence-electron chi connectivity index (χ2n) is 22.1. The van der Waals surface area contributed by atoms with Crippen molar-refractivity contribution in [1.29, 1.82) is 0 Å². The van der Waals surface area contributed by atoms with E-state index in [-0.39, 0.29) is 25.6 Å². The lowest BCUT2D eigenvalue weighted by Crippen LogP contribution is -2.37. The highest BCUT2D eigenvalue weighted by atomic mass is 31.2. The van der Waals surface area contributed by atoms with Crippen LogP contribution in [0.15, 0.2) is 24.3 Å². The summed E-state index contributed by atoms with van der Waals surface area (Å²) in [4.78, 5) is 35.3. The van der Waals surface area contributed by atoms with Gasteiger partial charge in [-0.3, -0.25) is 18.6 Å². The number of carbonyl (C=O) groups is 2. The number of unbranched alkanes of at least 4 members (excludes halogenated alkanes) is 39. The lowest BCUT2D eigenvalue weighted by molar-refractivity contribution is -0.870. The van der Waals surface area contributed by atoms with Gasteiger partial charge < -0.3 is 18.9 Å². The quantitative estimate of drug-likeness (QED) is 0.0211. The van der Waals surface area contributed by atoms with Crippen LogP contribution in [0, 0.1) is 0 Å². The zero-order valence-corrected chi connectivity index (χ0v) is 48.6. The van der Waals surface area contributed by atoms with Crippen molar-refractivity contribution in [2.24, 2.45) is 0 Å². The number of rotatable bonds is 57. The molecule has 0 rings (SSSR count). The average Bonchev–Trinajstić information content (AvgIpc) is 3.33. The molecule has 0 fully saturated rings. The number of phosphoric acid groups is 1. The topological polar surface area (TPSA) is 108 Å². The van der Waals surface area contributed by atoms with E-state index in [0.29, 0.717) is 17.4 Å². The Hall–Kier alpha value is -1.51. The van der Waals surface area contributed by atoms with Gasteiger partial charge in [-0.05, 0) is 44.9 Å². The Kier molecular flexibility index (Phi) is 52.2. The second-order valence-corrected chi connectivity index (χ2v) is 23.6. The Morgan fingerprint density at radius 1 is 0.437 bits per heavy atom. The fourth-order valence-corrected chi connectivity index (χ4v) is 9.73. The molecule has 0 aromatic heterocycles. The Morgan fingerprint density at radius 2 is 0.761 bits per heavy atom. The summed E-state index contributed by atoms with van der Waals surface area (Å²) in [5.41, 5.74) is 0. The van der Waals surface area contributed by atoms with E-state index in [4.69, 9.17) is 18.5 Å². The number of hydrogen-bond acceptors (Lipinski definition) is 7. The molecule has 0 aromatic carbocycles. The highest BCUT2D eigenvalue weighted by Gasteiger charge is 2.27. The van der Waals surface area contributed by atoms with Crippen molar-refractivity contribution >= 4 is 19.8 Å². The van der Waals surface area contributed by atoms with Crippen molar-refractivity contribution in [1.82, 2.24) is 0 Å². The van der Waals surface area contributed by atoms with Crippen LogP contribution < -0.4 is 0 Å². The Balaban J connectivity index is 3.69. The van der Waals surface area contributed by atoms with E-state index in [2.05, 4.69) is 38.2 Å². The molecule has 0 saturated heterocycles. The van der Waals surface area contributed by atoms with Gasteiger partial charge in [0.2, 0.25) is 0 Å². The van der Waals surface area contributed by atoms with Gasteiger partial charge in [-0.2, -0.15) is 0 Å². The number of likely N-dealkylation sites (N-methyl/N-ethyl adjacent to an activating group) is 1. The van der Waals surface area contributed by atoms with Crippen LogP contribution in [0.1, 0.15) is 303 Å². The van der Waals surface area contributed by atoms with E-state index in [0.717, 1.165) is 51.4 Å². The van der Waals surface area contributed by atoms with Crippen molar-refractivity contribution < 1.29 is 42.1 Å². The first-order chi connectivity index (χ1) is 34.5. The van der Waals surface area contributed by atoms with E-state index >= 15 is 0 Å². The molecule has 0 aliphatic carbocycles. The van der Waals surface area contributed by atoms with Gasteiger partial charge in [0.15, 0.2) is 6.10 Å². The predicted octanol–water partition coefficient (Wildman–Crippen LogP) is 19.0. The minimum atomic E-state index is -4.37. The number of hydrogen-bond donors (Lipinski definition) is 1. The third kappa shape index (κ3) is 57.6. The second kappa shape index (κ2) is 53.3. The number of ether oxygens (including phenoxy) is 2.